The van der Waals surface area contributed by atoms with Crippen LogP contribution >= 0.6 is 0 Å². The molecule has 2 aromatic rings. The summed E-state index contributed by atoms with van der Waals surface area (Å²) in [6.07, 6.45) is 2.90. The number of nitrogens with one attached hydrogen (secondary N) is 2. The third-order valence-electron chi connectivity index (χ3n) is 4.08. The number of methoxy groups -OCH3 is 1. The number of nitrogens with zero attached hydrogens (tertiary/aromatic N) is 3. The van der Waals surface area contributed by atoms with Crippen LogP contribution in [-0.4, -0.2) is 63.3 Å². The van der Waals surface area contributed by atoms with Crippen LogP contribution in [0.2, 0.25) is 0 Å². The fourth-order valence-corrected chi connectivity index (χ4v) is 2.67. The monoisotopic (exact) mass is 343 g/mol. The Balaban J connectivity index is 1.78. The van der Waals surface area contributed by atoms with Crippen LogP contribution in [0.4, 0.5) is 0 Å². The van der Waals surface area contributed by atoms with Crippen LogP contribution in [0.1, 0.15) is 12.1 Å². The Morgan fingerprint density at radius 3 is 2.84 bits per heavy atom. The molecule has 25 heavy (non-hydrogen) atoms. The Bertz CT molecular complexity index is 668. The average molecular weight is 343 g/mol. The zero-order valence-corrected chi connectivity index (χ0v) is 15.5. The number of hydrogen-bond acceptors (Lipinski definition) is 4. The van der Waals surface area contributed by atoms with E-state index in [-0.39, 0.29) is 0 Å². The van der Waals surface area contributed by atoms with E-state index in [1.807, 2.05) is 24.4 Å². The SMILES string of the molecule is CN=C(NCCN(C)CCCOC)NCc1nccc2ccccc12. The summed E-state index contributed by atoms with van der Waals surface area (Å²) in [7, 11) is 5.64. The van der Waals surface area contributed by atoms with Crippen molar-refractivity contribution in [3.8, 4) is 0 Å². The molecule has 0 aliphatic rings. The topological polar surface area (TPSA) is 61.8 Å². The third-order valence-corrected chi connectivity index (χ3v) is 4.08. The molecule has 6 heteroatoms. The quantitative estimate of drug-likeness (QED) is 0.413. The number of benzene rings is 1. The van der Waals surface area contributed by atoms with Crippen molar-refractivity contribution in [1.29, 1.82) is 0 Å². The Morgan fingerprint density at radius 1 is 1.20 bits per heavy atom. The van der Waals surface area contributed by atoms with Gasteiger partial charge in [-0.3, -0.25) is 9.98 Å². The first kappa shape index (κ1) is 19.1. The lowest BCUT2D eigenvalue weighted by atomic mass is 10.1. The highest BCUT2D eigenvalue weighted by Gasteiger charge is 2.04. The molecule has 0 aliphatic heterocycles. The van der Waals surface area contributed by atoms with Crippen LogP contribution < -0.4 is 10.6 Å². The molecular weight excluding hydrogens is 314 g/mol. The lowest BCUT2D eigenvalue weighted by molar-refractivity contribution is 0.180. The highest BCUT2D eigenvalue weighted by atomic mass is 16.5. The fraction of sp³-hybridized carbons (Fsp3) is 0.474. The molecule has 1 aromatic carbocycles. The molecule has 0 aliphatic carbocycles. The molecular formula is C19H29N5O. The lowest BCUT2D eigenvalue weighted by Crippen LogP contribution is -2.40. The summed E-state index contributed by atoms with van der Waals surface area (Å²) in [5.74, 6) is 0.792. The van der Waals surface area contributed by atoms with Crippen molar-refractivity contribution in [1.82, 2.24) is 20.5 Å². The van der Waals surface area contributed by atoms with E-state index in [4.69, 9.17) is 4.74 Å². The Labute approximate surface area is 150 Å². The zero-order chi connectivity index (χ0) is 17.9. The van der Waals surface area contributed by atoms with Gasteiger partial charge in [0.1, 0.15) is 0 Å². The number of ether oxygens (including phenoxy) is 1. The van der Waals surface area contributed by atoms with Crippen LogP contribution in [0.25, 0.3) is 10.8 Å². The minimum atomic E-state index is 0.644. The number of rotatable bonds is 9. The predicted molar refractivity (Wildman–Crippen MR) is 104 cm³/mol. The van der Waals surface area contributed by atoms with Gasteiger partial charge < -0.3 is 20.3 Å². The van der Waals surface area contributed by atoms with E-state index >= 15 is 0 Å². The predicted octanol–water partition coefficient (Wildman–Crippen LogP) is 1.87. The molecule has 0 amide bonds. The van der Waals surface area contributed by atoms with Crippen molar-refractivity contribution in [2.45, 2.75) is 13.0 Å². The van der Waals surface area contributed by atoms with Gasteiger partial charge in [0.25, 0.3) is 0 Å². The standard InChI is InChI=1S/C19H29N5O/c1-20-19(22-11-13-24(2)12-6-14-25-3)23-15-18-17-8-5-4-7-16(17)9-10-21-18/h4-5,7-10H,6,11-15H2,1-3H3,(H2,20,22,23). The van der Waals surface area contributed by atoms with Crippen molar-refractivity contribution in [2.75, 3.05) is 47.4 Å². The number of guanidine groups is 1. The Morgan fingerprint density at radius 2 is 2.04 bits per heavy atom. The molecule has 0 spiro atoms. The number of hydrogen-bond donors (Lipinski definition) is 2. The van der Waals surface area contributed by atoms with Crippen molar-refractivity contribution in [3.05, 3.63) is 42.2 Å². The molecule has 0 saturated carbocycles. The van der Waals surface area contributed by atoms with Gasteiger partial charge in [-0.1, -0.05) is 24.3 Å². The van der Waals surface area contributed by atoms with Crippen LogP contribution in [-0.2, 0) is 11.3 Å². The second-order valence-electron chi connectivity index (χ2n) is 5.98. The lowest BCUT2D eigenvalue weighted by Gasteiger charge is -2.18. The van der Waals surface area contributed by atoms with Crippen molar-refractivity contribution < 1.29 is 4.74 Å². The summed E-state index contributed by atoms with van der Waals surface area (Å²) >= 11 is 0. The zero-order valence-electron chi connectivity index (χ0n) is 15.5. The van der Waals surface area contributed by atoms with E-state index in [0.717, 1.165) is 44.3 Å². The van der Waals surface area contributed by atoms with E-state index in [0.29, 0.717) is 6.54 Å². The summed E-state index contributed by atoms with van der Waals surface area (Å²) < 4.78 is 5.08. The van der Waals surface area contributed by atoms with Crippen LogP contribution in [0.15, 0.2) is 41.5 Å². The van der Waals surface area contributed by atoms with Gasteiger partial charge in [-0.25, -0.2) is 0 Å². The number of aliphatic imine (C=N–C) groups is 1. The number of aromatic nitrogens is 1. The Hall–Kier alpha value is -2.18. The van der Waals surface area contributed by atoms with Gasteiger partial charge in [0.05, 0.1) is 12.2 Å². The fourth-order valence-electron chi connectivity index (χ4n) is 2.67. The largest absolute Gasteiger partial charge is 0.385 e. The maximum atomic E-state index is 5.08. The van der Waals surface area contributed by atoms with Gasteiger partial charge >= 0.3 is 0 Å². The maximum absolute atomic E-state index is 5.08. The van der Waals surface area contributed by atoms with Gasteiger partial charge in [-0.05, 0) is 24.9 Å². The first-order chi connectivity index (χ1) is 12.2. The van der Waals surface area contributed by atoms with Crippen LogP contribution in [0.5, 0.6) is 0 Å². The molecule has 2 N–H and O–H groups in total. The van der Waals surface area contributed by atoms with E-state index in [9.17, 15) is 0 Å². The van der Waals surface area contributed by atoms with Gasteiger partial charge in [0, 0.05) is 52.0 Å². The highest BCUT2D eigenvalue weighted by Crippen LogP contribution is 2.15. The summed E-state index contributed by atoms with van der Waals surface area (Å²) in [5.41, 5.74) is 1.03. The average Bonchev–Trinajstić information content (AvgIpc) is 2.64. The first-order valence-electron chi connectivity index (χ1n) is 8.69. The van der Waals surface area contributed by atoms with Crippen LogP contribution in [0.3, 0.4) is 0 Å². The summed E-state index contributed by atoms with van der Waals surface area (Å²) in [5, 5.41) is 9.06. The molecule has 0 fully saturated rings. The third kappa shape index (κ3) is 6.32. The number of pyridine rings is 1. The van der Waals surface area contributed by atoms with Gasteiger partial charge in [0.2, 0.25) is 0 Å². The smallest absolute Gasteiger partial charge is 0.191 e. The molecule has 0 radical (unpaired) electrons. The van der Waals surface area contributed by atoms with Gasteiger partial charge in [-0.15, -0.1) is 0 Å². The molecule has 1 aromatic heterocycles. The van der Waals surface area contributed by atoms with Gasteiger partial charge in [-0.2, -0.15) is 0 Å². The first-order valence-corrected chi connectivity index (χ1v) is 8.69. The van der Waals surface area contributed by atoms with Crippen molar-refractivity contribution in [3.63, 3.8) is 0 Å². The van der Waals surface area contributed by atoms with E-state index in [2.05, 4.69) is 44.7 Å². The van der Waals surface area contributed by atoms with Crippen molar-refractivity contribution >= 4 is 16.7 Å². The van der Waals surface area contributed by atoms with E-state index in [1.54, 1.807) is 14.2 Å². The number of likely N-dealkylation sites (N-methyl/N-ethyl adjacent to an activating group) is 1. The molecule has 1 heterocycles. The molecule has 6 nitrogen and oxygen atoms in total. The summed E-state index contributed by atoms with van der Waals surface area (Å²) in [4.78, 5) is 11.1. The number of fused-ring (bicyclic) bond motifs is 1. The molecule has 136 valence electrons. The second-order valence-corrected chi connectivity index (χ2v) is 5.98. The molecule has 0 unspecified atom stereocenters. The highest BCUT2D eigenvalue weighted by molar-refractivity contribution is 5.85. The second kappa shape index (κ2) is 10.6. The normalized spacial score (nSPS) is 11.9. The van der Waals surface area contributed by atoms with Crippen molar-refractivity contribution in [2.24, 2.45) is 4.99 Å². The minimum Gasteiger partial charge on any atom is -0.385 e. The van der Waals surface area contributed by atoms with E-state index < -0.39 is 0 Å². The molecule has 0 saturated heterocycles. The summed E-state index contributed by atoms with van der Waals surface area (Å²) in [6.45, 7) is 4.27. The maximum Gasteiger partial charge on any atom is 0.191 e. The molecule has 2 rings (SSSR count). The van der Waals surface area contributed by atoms with Crippen LogP contribution in [0, 0.1) is 0 Å². The molecule has 0 bridgehead atoms. The summed E-state index contributed by atoms with van der Waals surface area (Å²) in [6, 6.07) is 10.3. The van der Waals surface area contributed by atoms with Gasteiger partial charge in [0.15, 0.2) is 5.96 Å². The van der Waals surface area contributed by atoms with E-state index in [1.165, 1.54) is 10.8 Å². The molecule has 0 atom stereocenters. The Kier molecular flexibility index (Phi) is 8.15. The minimum absolute atomic E-state index is 0.644.